The van der Waals surface area contributed by atoms with Crippen molar-refractivity contribution in [2.24, 2.45) is 10.7 Å². The highest BCUT2D eigenvalue weighted by atomic mass is 32.1. The zero-order valence-corrected chi connectivity index (χ0v) is 43.7. The molecule has 0 aliphatic carbocycles. The average Bonchev–Trinajstić information content (AvgIpc) is 3.75. The van der Waals surface area contributed by atoms with Gasteiger partial charge >= 0.3 is 12.1 Å². The first-order valence-electron chi connectivity index (χ1n) is 24.8. The number of hydrogen-bond donors (Lipinski definition) is 1. The van der Waals surface area contributed by atoms with E-state index in [2.05, 4.69) is 9.73 Å². The van der Waals surface area contributed by atoms with Crippen LogP contribution in [0, 0.1) is 23.3 Å². The number of likely N-dealkylation sites (N-methyl/N-ethyl adjacent to an activating group) is 1. The molecule has 0 saturated carbocycles. The standard InChI is InChI=1S/C51H69F7N4O13S/c1-3-8-62(50(64)39-32-44-43(7-30-76-44)60-45(59)33-39)35-37-4-5-38(40(31-37)51(56,57)58)36-61(2)9-11-66-13-15-68-17-19-70-21-23-72-25-27-74-29-28-73-26-24-71-22-20-69-18-16-67-14-12-65-10-6-46(63)75-49-47(54)41(52)34-42(53)48(49)55/h4-5,7,30-32,34H,3,6,8-29,33,35-36H2,1-2H3,(H2,59,60). The van der Waals surface area contributed by atoms with Crippen LogP contribution in [0.1, 0.15) is 47.8 Å². The molecule has 0 bridgehead atoms. The second-order valence-corrected chi connectivity index (χ2v) is 17.7. The second kappa shape index (κ2) is 36.5. The van der Waals surface area contributed by atoms with E-state index in [9.17, 15) is 40.3 Å². The number of amides is 1. The maximum Gasteiger partial charge on any atom is 0.416 e. The molecule has 0 radical (unpaired) electrons. The normalized spacial score (nSPS) is 12.7. The van der Waals surface area contributed by atoms with Crippen molar-refractivity contribution in [3.63, 3.8) is 0 Å². The van der Waals surface area contributed by atoms with Crippen molar-refractivity contribution in [1.82, 2.24) is 9.80 Å². The first-order valence-corrected chi connectivity index (χ1v) is 25.6. The summed E-state index contributed by atoms with van der Waals surface area (Å²) in [7, 11) is 1.73. The van der Waals surface area contributed by atoms with E-state index >= 15 is 0 Å². The highest BCUT2D eigenvalue weighted by molar-refractivity contribution is 7.11. The summed E-state index contributed by atoms with van der Waals surface area (Å²) in [6, 6.07) is 6.09. The number of halogens is 7. The molecule has 1 aromatic heterocycles. The molecular weight excluding hydrogens is 1040 g/mol. The van der Waals surface area contributed by atoms with Gasteiger partial charge in [0.05, 0.1) is 155 Å². The maximum atomic E-state index is 14.3. The second-order valence-electron chi connectivity index (χ2n) is 16.7. The summed E-state index contributed by atoms with van der Waals surface area (Å²) in [5.41, 5.74) is 6.99. The topological polar surface area (TPSA) is 181 Å². The number of nitrogens with zero attached hydrogens (tertiary/aromatic N) is 3. The number of alkyl halides is 3. The summed E-state index contributed by atoms with van der Waals surface area (Å²) < 4.78 is 155. The van der Waals surface area contributed by atoms with E-state index in [1.165, 1.54) is 17.4 Å². The molecule has 1 amide bonds. The van der Waals surface area contributed by atoms with Gasteiger partial charge in [0.2, 0.25) is 17.4 Å². The molecule has 1 aliphatic rings. The minimum atomic E-state index is -4.59. The van der Waals surface area contributed by atoms with Crippen molar-refractivity contribution in [3.05, 3.63) is 86.1 Å². The molecule has 2 N–H and O–H groups in total. The lowest BCUT2D eigenvalue weighted by Gasteiger charge is -2.25. The Morgan fingerprint density at radius 3 is 1.59 bits per heavy atom. The Morgan fingerprint density at radius 2 is 1.12 bits per heavy atom. The fraction of sp³-hybridized carbons (Fsp3) is 0.588. The van der Waals surface area contributed by atoms with Crippen molar-refractivity contribution in [3.8, 4) is 5.75 Å². The van der Waals surface area contributed by atoms with Crippen molar-refractivity contribution < 1.29 is 92.4 Å². The molecule has 0 fully saturated rings. The lowest BCUT2D eigenvalue weighted by atomic mass is 10.0. The number of carbonyl (C=O) groups is 2. The highest BCUT2D eigenvalue weighted by Gasteiger charge is 2.34. The summed E-state index contributed by atoms with van der Waals surface area (Å²) in [6.45, 7) is 8.95. The Bertz CT molecular complexity index is 2210. The SMILES string of the molecule is CCCN(Cc1ccc(CN(C)CCOCCOCCOCCOCCOCCOCCOCCOCCOCCOCCC(=O)Oc2c(F)c(F)cc(F)c2F)c(C(F)(F)F)c1)C(=O)C1=Cc2sccc2N=C(N)C1. The van der Waals surface area contributed by atoms with Gasteiger partial charge in [0.15, 0.2) is 11.6 Å². The van der Waals surface area contributed by atoms with Crippen LogP contribution in [0.15, 0.2) is 46.3 Å². The summed E-state index contributed by atoms with van der Waals surface area (Å²) in [5, 5.41) is 1.86. The molecule has 1 aliphatic heterocycles. The molecule has 0 spiro atoms. The number of carbonyl (C=O) groups excluding carboxylic acids is 2. The first kappa shape index (κ1) is 63.9. The predicted octanol–water partition coefficient (Wildman–Crippen LogP) is 7.13. The Kier molecular flexibility index (Phi) is 30.6. The molecule has 2 heterocycles. The smallest absolute Gasteiger partial charge is 0.416 e. The predicted molar refractivity (Wildman–Crippen MR) is 266 cm³/mol. The van der Waals surface area contributed by atoms with Gasteiger partial charge in [0, 0.05) is 44.2 Å². The Hall–Kier alpha value is -4.64. The van der Waals surface area contributed by atoms with Crippen LogP contribution >= 0.6 is 11.3 Å². The zero-order valence-electron chi connectivity index (χ0n) is 42.9. The van der Waals surface area contributed by atoms with E-state index in [4.69, 9.17) is 53.1 Å². The molecule has 76 heavy (non-hydrogen) atoms. The van der Waals surface area contributed by atoms with Gasteiger partial charge in [-0.25, -0.2) is 13.8 Å². The van der Waals surface area contributed by atoms with Crippen LogP contribution in [0.25, 0.3) is 6.08 Å². The maximum absolute atomic E-state index is 14.3. The Balaban J connectivity index is 0.884. The van der Waals surface area contributed by atoms with E-state index in [-0.39, 0.29) is 63.5 Å². The molecule has 4 rings (SSSR count). The number of nitrogens with two attached hydrogens (primary N) is 1. The van der Waals surface area contributed by atoms with Crippen LogP contribution in [0.3, 0.4) is 0 Å². The summed E-state index contributed by atoms with van der Waals surface area (Å²) in [6.07, 6.45) is -2.45. The minimum absolute atomic E-state index is 0.00956. The third-order valence-electron chi connectivity index (χ3n) is 10.7. The molecular formula is C51H69F7N4O13S. The highest BCUT2D eigenvalue weighted by Crippen LogP contribution is 2.35. The fourth-order valence-corrected chi connectivity index (χ4v) is 7.74. The third-order valence-corrected chi connectivity index (χ3v) is 11.5. The molecule has 17 nitrogen and oxygen atoms in total. The van der Waals surface area contributed by atoms with Crippen LogP contribution in [0.5, 0.6) is 5.75 Å². The number of rotatable bonds is 41. The number of fused-ring (bicyclic) bond motifs is 1. The molecule has 3 aromatic rings. The molecule has 25 heteroatoms. The number of aliphatic imine (C=N–C) groups is 1. The number of esters is 1. The largest absolute Gasteiger partial charge is 0.420 e. The van der Waals surface area contributed by atoms with E-state index in [0.717, 1.165) is 10.9 Å². The Morgan fingerprint density at radius 1 is 0.645 bits per heavy atom. The fourth-order valence-electron chi connectivity index (χ4n) is 6.95. The first-order chi connectivity index (χ1) is 36.7. The monoisotopic (exact) mass is 1110 g/mol. The third kappa shape index (κ3) is 24.8. The lowest BCUT2D eigenvalue weighted by Crippen LogP contribution is -2.33. The number of ether oxygens (including phenoxy) is 11. The van der Waals surface area contributed by atoms with Gasteiger partial charge in [-0.1, -0.05) is 19.1 Å². The molecule has 0 unspecified atom stereocenters. The number of hydrogen-bond acceptors (Lipinski definition) is 17. The van der Waals surface area contributed by atoms with Gasteiger partial charge in [0.1, 0.15) is 5.84 Å². The van der Waals surface area contributed by atoms with E-state index < -0.39 is 53.1 Å². The van der Waals surface area contributed by atoms with Crippen LogP contribution < -0.4 is 10.5 Å². The minimum Gasteiger partial charge on any atom is -0.420 e. The zero-order chi connectivity index (χ0) is 55.0. The molecule has 2 aromatic carbocycles. The van der Waals surface area contributed by atoms with Crippen LogP contribution in [-0.4, -0.2) is 180 Å². The Labute approximate surface area is 442 Å². The van der Waals surface area contributed by atoms with Gasteiger partial charge in [-0.05, 0) is 48.2 Å². The average molecular weight is 1110 g/mol. The van der Waals surface area contributed by atoms with Gasteiger partial charge in [-0.15, -0.1) is 11.3 Å². The lowest BCUT2D eigenvalue weighted by molar-refractivity contribution is -0.138. The molecule has 426 valence electrons. The van der Waals surface area contributed by atoms with Gasteiger partial charge < -0.3 is 62.7 Å². The van der Waals surface area contributed by atoms with Gasteiger partial charge in [0.25, 0.3) is 5.91 Å². The molecule has 0 atom stereocenters. The van der Waals surface area contributed by atoms with Gasteiger partial charge in [-0.2, -0.15) is 22.0 Å². The van der Waals surface area contributed by atoms with Gasteiger partial charge in [-0.3, -0.25) is 14.5 Å². The van der Waals surface area contributed by atoms with Crippen molar-refractivity contribution in [2.75, 3.05) is 152 Å². The number of thiophene rings is 1. The molecule has 0 saturated heterocycles. The van der Waals surface area contributed by atoms with E-state index in [1.807, 2.05) is 18.4 Å². The van der Waals surface area contributed by atoms with Crippen LogP contribution in [0.4, 0.5) is 36.4 Å². The van der Waals surface area contributed by atoms with E-state index in [1.54, 1.807) is 29.0 Å². The van der Waals surface area contributed by atoms with Crippen molar-refractivity contribution in [2.45, 2.75) is 45.5 Å². The van der Waals surface area contributed by atoms with Crippen molar-refractivity contribution in [1.29, 1.82) is 0 Å². The van der Waals surface area contributed by atoms with E-state index in [0.29, 0.717) is 148 Å². The quantitative estimate of drug-likeness (QED) is 0.0199. The number of benzene rings is 2. The van der Waals surface area contributed by atoms with Crippen LogP contribution in [-0.2, 0) is 76.2 Å². The summed E-state index contributed by atoms with van der Waals surface area (Å²) in [4.78, 5) is 33.9. The van der Waals surface area contributed by atoms with Crippen molar-refractivity contribution >= 4 is 40.8 Å². The summed E-state index contributed by atoms with van der Waals surface area (Å²) >= 11 is 1.44. The van der Waals surface area contributed by atoms with Crippen LogP contribution in [0.2, 0.25) is 0 Å². The summed E-state index contributed by atoms with van der Waals surface area (Å²) in [5.74, 6) is -9.55. The number of amidine groups is 1.